The van der Waals surface area contributed by atoms with Crippen LogP contribution in [0, 0.1) is 5.82 Å². The highest BCUT2D eigenvalue weighted by molar-refractivity contribution is 7.91. The molecule has 4 rings (SSSR count). The number of benzene rings is 1. The lowest BCUT2D eigenvalue weighted by Crippen LogP contribution is -2.27. The van der Waals surface area contributed by atoms with Gasteiger partial charge in [-0.15, -0.1) is 11.3 Å². The van der Waals surface area contributed by atoms with Crippen LogP contribution in [0.2, 0.25) is 0 Å². The molecule has 0 aliphatic rings. The molecule has 0 saturated heterocycles. The van der Waals surface area contributed by atoms with Gasteiger partial charge in [-0.05, 0) is 35.7 Å². The minimum Gasteiger partial charge on any atom is -0.467 e. The van der Waals surface area contributed by atoms with Gasteiger partial charge in [0.15, 0.2) is 5.69 Å². The summed E-state index contributed by atoms with van der Waals surface area (Å²) in [7, 11) is -3.79. The van der Waals surface area contributed by atoms with Crippen molar-refractivity contribution in [3.8, 4) is 0 Å². The molecular formula is C23H21FN4O4S2. The number of aromatic nitrogens is 2. The Morgan fingerprint density at radius 1 is 1.15 bits per heavy atom. The monoisotopic (exact) mass is 500 g/mol. The molecule has 0 aliphatic carbocycles. The van der Waals surface area contributed by atoms with E-state index in [2.05, 4.69) is 15.3 Å². The van der Waals surface area contributed by atoms with E-state index in [1.807, 2.05) is 22.4 Å². The first kappa shape index (κ1) is 23.6. The molecule has 0 bridgehead atoms. The van der Waals surface area contributed by atoms with Gasteiger partial charge >= 0.3 is 0 Å². The van der Waals surface area contributed by atoms with Gasteiger partial charge in [-0.1, -0.05) is 25.1 Å². The number of sulfone groups is 1. The normalized spacial score (nSPS) is 11.4. The molecule has 8 nitrogen and oxygen atoms in total. The molecule has 34 heavy (non-hydrogen) atoms. The molecule has 3 heterocycles. The van der Waals surface area contributed by atoms with Gasteiger partial charge < -0.3 is 14.6 Å². The summed E-state index contributed by atoms with van der Waals surface area (Å²) in [4.78, 5) is 24.2. The average molecular weight is 501 g/mol. The highest BCUT2D eigenvalue weighted by atomic mass is 32.2. The molecule has 0 fully saturated rings. The molecule has 4 aromatic rings. The molecule has 176 valence electrons. The fourth-order valence-electron chi connectivity index (χ4n) is 3.19. The highest BCUT2D eigenvalue weighted by Crippen LogP contribution is 2.27. The zero-order valence-corrected chi connectivity index (χ0v) is 19.8. The predicted octanol–water partition coefficient (Wildman–Crippen LogP) is 4.52. The van der Waals surface area contributed by atoms with E-state index in [0.29, 0.717) is 12.3 Å². The van der Waals surface area contributed by atoms with Gasteiger partial charge in [0.2, 0.25) is 15.0 Å². The summed E-state index contributed by atoms with van der Waals surface area (Å²) in [6.07, 6.45) is 2.85. The Bertz CT molecular complexity index is 1340. The number of amides is 1. The van der Waals surface area contributed by atoms with Gasteiger partial charge in [-0.25, -0.2) is 22.8 Å². The number of hydrogen-bond acceptors (Lipinski definition) is 8. The summed E-state index contributed by atoms with van der Waals surface area (Å²) in [5, 5.41) is 3.95. The number of carbonyl (C=O) groups excluding carboxylic acids is 1. The highest BCUT2D eigenvalue weighted by Gasteiger charge is 2.26. The maximum Gasteiger partial charge on any atom is 0.276 e. The number of hydrogen-bond donors (Lipinski definition) is 1. The number of furan rings is 1. The fourth-order valence-corrected chi connectivity index (χ4v) is 4.61. The second kappa shape index (κ2) is 10.1. The average Bonchev–Trinajstić information content (AvgIpc) is 3.54. The summed E-state index contributed by atoms with van der Waals surface area (Å²) < 4.78 is 44.6. The predicted molar refractivity (Wildman–Crippen MR) is 127 cm³/mol. The van der Waals surface area contributed by atoms with Crippen LogP contribution in [0.15, 0.2) is 75.9 Å². The summed E-state index contributed by atoms with van der Waals surface area (Å²) in [5.74, 6) is -0.988. The van der Waals surface area contributed by atoms with Crippen LogP contribution < -0.4 is 10.2 Å². The Morgan fingerprint density at radius 2 is 1.97 bits per heavy atom. The van der Waals surface area contributed by atoms with Crippen LogP contribution in [-0.4, -0.2) is 30.0 Å². The number of halogens is 1. The van der Waals surface area contributed by atoms with Gasteiger partial charge in [0, 0.05) is 4.88 Å². The van der Waals surface area contributed by atoms with Crippen LogP contribution in [0.25, 0.3) is 0 Å². The third kappa shape index (κ3) is 5.32. The Labute approximate surface area is 200 Å². The molecule has 1 aromatic carbocycles. The smallest absolute Gasteiger partial charge is 0.276 e. The Hall–Kier alpha value is -3.57. The first-order chi connectivity index (χ1) is 16.4. The second-order valence-electron chi connectivity index (χ2n) is 7.24. The van der Waals surface area contributed by atoms with Crippen molar-refractivity contribution >= 4 is 38.5 Å². The lowest BCUT2D eigenvalue weighted by atomic mass is 10.2. The lowest BCUT2D eigenvalue weighted by molar-refractivity contribution is 0.102. The number of nitrogens with zero attached hydrogens (tertiary/aromatic N) is 3. The molecule has 3 aromatic heterocycles. The van der Waals surface area contributed by atoms with Gasteiger partial charge in [0.25, 0.3) is 5.91 Å². The van der Waals surface area contributed by atoms with Crippen molar-refractivity contribution in [3.05, 3.63) is 88.5 Å². The van der Waals surface area contributed by atoms with E-state index in [1.165, 1.54) is 48.9 Å². The maximum absolute atomic E-state index is 14.2. The summed E-state index contributed by atoms with van der Waals surface area (Å²) in [5.41, 5.74) is 0.0508. The van der Waals surface area contributed by atoms with E-state index >= 15 is 0 Å². The van der Waals surface area contributed by atoms with Crippen LogP contribution in [0.3, 0.4) is 0 Å². The Balaban J connectivity index is 1.79. The van der Waals surface area contributed by atoms with Crippen molar-refractivity contribution in [2.45, 2.75) is 25.2 Å². The summed E-state index contributed by atoms with van der Waals surface area (Å²) in [6, 6.07) is 13.1. The number of nitrogens with one attached hydrogen (secondary N) is 1. The third-order valence-electron chi connectivity index (χ3n) is 4.94. The van der Waals surface area contributed by atoms with Crippen molar-refractivity contribution < 1.29 is 22.0 Å². The topological polar surface area (TPSA) is 105 Å². The zero-order chi connectivity index (χ0) is 24.1. The lowest BCUT2D eigenvalue weighted by Gasteiger charge is -2.25. The molecule has 0 spiro atoms. The van der Waals surface area contributed by atoms with Crippen LogP contribution in [0.1, 0.15) is 28.0 Å². The molecule has 0 aliphatic heterocycles. The Morgan fingerprint density at radius 3 is 2.65 bits per heavy atom. The first-order valence-corrected chi connectivity index (χ1v) is 12.9. The Kier molecular flexibility index (Phi) is 7.03. The first-order valence-electron chi connectivity index (χ1n) is 10.3. The van der Waals surface area contributed by atoms with Crippen molar-refractivity contribution in [2.75, 3.05) is 16.0 Å². The number of thiophene rings is 1. The zero-order valence-electron chi connectivity index (χ0n) is 18.1. The molecule has 1 N–H and O–H groups in total. The van der Waals surface area contributed by atoms with E-state index < -0.39 is 26.7 Å². The molecule has 0 unspecified atom stereocenters. The van der Waals surface area contributed by atoms with Crippen LogP contribution in [-0.2, 0) is 22.9 Å². The van der Waals surface area contributed by atoms with E-state index in [-0.39, 0.29) is 29.4 Å². The van der Waals surface area contributed by atoms with Crippen LogP contribution >= 0.6 is 11.3 Å². The molecule has 1 amide bonds. The molecule has 0 radical (unpaired) electrons. The van der Waals surface area contributed by atoms with Crippen LogP contribution in [0.4, 0.5) is 15.8 Å². The minimum absolute atomic E-state index is 0.0483. The largest absolute Gasteiger partial charge is 0.467 e. The van der Waals surface area contributed by atoms with Crippen molar-refractivity contribution in [1.29, 1.82) is 0 Å². The van der Waals surface area contributed by atoms with Crippen molar-refractivity contribution in [3.63, 3.8) is 0 Å². The van der Waals surface area contributed by atoms with Crippen molar-refractivity contribution in [1.82, 2.24) is 9.97 Å². The molecule has 0 atom stereocenters. The van der Waals surface area contributed by atoms with E-state index in [4.69, 9.17) is 4.42 Å². The summed E-state index contributed by atoms with van der Waals surface area (Å²) in [6.45, 7) is 2.13. The molecular weight excluding hydrogens is 479 g/mol. The summed E-state index contributed by atoms with van der Waals surface area (Å²) >= 11 is 1.53. The third-order valence-corrected chi connectivity index (χ3v) is 7.31. The van der Waals surface area contributed by atoms with Crippen LogP contribution in [0.5, 0.6) is 0 Å². The fraction of sp³-hybridized carbons (Fsp3) is 0.174. The minimum atomic E-state index is -3.79. The standard InChI is InChI=1S/C23H21FN4O4S2/c1-2-34(30,31)23-25-13-20(21(27-23)22(29)26-19-10-4-3-9-18(19)24)28(14-16-7-5-11-32-16)15-17-8-6-12-33-17/h3-13H,2,14-15H2,1H3,(H,26,29). The molecule has 0 saturated carbocycles. The van der Waals surface area contributed by atoms with E-state index in [0.717, 1.165) is 4.88 Å². The quantitative estimate of drug-likeness (QED) is 0.337. The van der Waals surface area contributed by atoms with Gasteiger partial charge in [-0.2, -0.15) is 0 Å². The number of carbonyl (C=O) groups is 1. The number of para-hydroxylation sites is 1. The molecule has 11 heteroatoms. The van der Waals surface area contributed by atoms with Gasteiger partial charge in [0.1, 0.15) is 11.6 Å². The maximum atomic E-state index is 14.2. The van der Waals surface area contributed by atoms with Crippen molar-refractivity contribution in [2.24, 2.45) is 0 Å². The second-order valence-corrected chi connectivity index (χ2v) is 10.4. The number of rotatable bonds is 9. The number of anilines is 2. The van der Waals surface area contributed by atoms with Gasteiger partial charge in [0.05, 0.1) is 42.7 Å². The van der Waals surface area contributed by atoms with E-state index in [1.54, 1.807) is 18.2 Å². The SMILES string of the molecule is CCS(=O)(=O)c1ncc(N(Cc2ccco2)Cc2cccs2)c(C(=O)Nc2ccccc2F)n1. The van der Waals surface area contributed by atoms with E-state index in [9.17, 15) is 17.6 Å². The van der Waals surface area contributed by atoms with Gasteiger partial charge in [-0.3, -0.25) is 4.79 Å².